The maximum absolute atomic E-state index is 12.8. The summed E-state index contributed by atoms with van der Waals surface area (Å²) >= 11 is 12.0. The fraction of sp³-hybridized carbons (Fsp3) is 0.500. The molecule has 1 unspecified atom stereocenters. The summed E-state index contributed by atoms with van der Waals surface area (Å²) < 4.78 is 0. The molecule has 0 N–H and O–H groups in total. The summed E-state index contributed by atoms with van der Waals surface area (Å²) in [6.45, 7) is 1.97. The van der Waals surface area contributed by atoms with Crippen molar-refractivity contribution in [2.45, 2.75) is 44.9 Å². The minimum absolute atomic E-state index is 0.0103. The highest BCUT2D eigenvalue weighted by Crippen LogP contribution is 2.41. The normalized spacial score (nSPS) is 19.1. The van der Waals surface area contributed by atoms with Gasteiger partial charge in [0.15, 0.2) is 5.78 Å². The Balaban J connectivity index is 2.32. The lowest BCUT2D eigenvalue weighted by atomic mass is 9.68. The van der Waals surface area contributed by atoms with E-state index in [1.165, 1.54) is 6.42 Å². The number of halogens is 2. The fourth-order valence-electron chi connectivity index (χ4n) is 2.93. The van der Waals surface area contributed by atoms with Gasteiger partial charge in [-0.05, 0) is 30.5 Å². The molecule has 0 spiro atoms. The molecule has 0 amide bonds. The quantitative estimate of drug-likeness (QED) is 0.775. The van der Waals surface area contributed by atoms with E-state index in [-0.39, 0.29) is 5.78 Å². The fourth-order valence-corrected chi connectivity index (χ4v) is 3.45. The van der Waals surface area contributed by atoms with Crippen molar-refractivity contribution in [3.8, 4) is 6.07 Å². The van der Waals surface area contributed by atoms with Crippen molar-refractivity contribution in [2.75, 3.05) is 0 Å². The topological polar surface area (TPSA) is 40.9 Å². The number of benzene rings is 1. The Labute approximate surface area is 129 Å². The summed E-state index contributed by atoms with van der Waals surface area (Å²) in [6.07, 6.45) is 4.98. The van der Waals surface area contributed by atoms with Gasteiger partial charge in [0.05, 0.1) is 6.07 Å². The largest absolute Gasteiger partial charge is 0.297 e. The molecule has 2 nitrogen and oxygen atoms in total. The predicted molar refractivity (Wildman–Crippen MR) is 81.0 cm³/mol. The molecule has 0 bridgehead atoms. The van der Waals surface area contributed by atoms with Gasteiger partial charge in [-0.25, -0.2) is 0 Å². The highest BCUT2D eigenvalue weighted by molar-refractivity contribution is 6.35. The van der Waals surface area contributed by atoms with Crippen molar-refractivity contribution in [3.63, 3.8) is 0 Å². The summed E-state index contributed by atoms with van der Waals surface area (Å²) in [4.78, 5) is 12.8. The molecular weight excluding hydrogens is 293 g/mol. The van der Waals surface area contributed by atoms with Crippen molar-refractivity contribution >= 4 is 29.0 Å². The molecule has 1 aliphatic carbocycles. The van der Waals surface area contributed by atoms with Crippen LogP contribution in [0.4, 0.5) is 0 Å². The Bertz CT molecular complexity index is 556. The lowest BCUT2D eigenvalue weighted by Gasteiger charge is -2.33. The molecule has 0 saturated heterocycles. The maximum atomic E-state index is 12.8. The Morgan fingerprint density at radius 2 is 1.95 bits per heavy atom. The lowest BCUT2D eigenvalue weighted by molar-refractivity contribution is -0.129. The number of hydrogen-bond acceptors (Lipinski definition) is 2. The highest BCUT2D eigenvalue weighted by Gasteiger charge is 2.39. The highest BCUT2D eigenvalue weighted by atomic mass is 35.5. The summed E-state index contributed by atoms with van der Waals surface area (Å²) in [5, 5.41) is 10.3. The van der Waals surface area contributed by atoms with Crippen LogP contribution in [0.25, 0.3) is 0 Å². The Morgan fingerprint density at radius 3 is 2.50 bits per heavy atom. The molecule has 20 heavy (non-hydrogen) atoms. The molecule has 1 atom stereocenters. The molecule has 0 heterocycles. The van der Waals surface area contributed by atoms with Crippen LogP contribution in [0.15, 0.2) is 18.2 Å². The zero-order valence-electron chi connectivity index (χ0n) is 11.5. The van der Waals surface area contributed by atoms with Crippen LogP contribution in [0.2, 0.25) is 10.0 Å². The van der Waals surface area contributed by atoms with E-state index in [0.717, 1.165) is 25.7 Å². The van der Waals surface area contributed by atoms with Gasteiger partial charge in [0.25, 0.3) is 0 Å². The molecule has 1 fully saturated rings. The number of hydrogen-bond donors (Lipinski definition) is 0. The number of nitriles is 1. The van der Waals surface area contributed by atoms with Gasteiger partial charge in [0.1, 0.15) is 5.92 Å². The SMILES string of the molecule is CC1(C(=O)C(C#N)c2ccc(Cl)cc2Cl)CCCCC1. The van der Waals surface area contributed by atoms with Crippen molar-refractivity contribution in [1.29, 1.82) is 5.26 Å². The van der Waals surface area contributed by atoms with E-state index >= 15 is 0 Å². The molecule has 0 aromatic heterocycles. The minimum atomic E-state index is -0.803. The van der Waals surface area contributed by atoms with E-state index in [4.69, 9.17) is 23.2 Å². The molecular formula is C16H17Cl2NO. The monoisotopic (exact) mass is 309 g/mol. The van der Waals surface area contributed by atoms with Crippen molar-refractivity contribution in [2.24, 2.45) is 5.41 Å². The first-order valence-corrected chi connectivity index (χ1v) is 7.62. The first kappa shape index (κ1) is 15.4. The van der Waals surface area contributed by atoms with Gasteiger partial charge in [-0.1, -0.05) is 55.5 Å². The molecule has 2 rings (SSSR count). The Morgan fingerprint density at radius 1 is 1.30 bits per heavy atom. The first-order chi connectivity index (χ1) is 9.48. The Kier molecular flexibility index (Phi) is 4.73. The zero-order chi connectivity index (χ0) is 14.8. The van der Waals surface area contributed by atoms with Crippen LogP contribution in [-0.4, -0.2) is 5.78 Å². The van der Waals surface area contributed by atoms with Crippen LogP contribution in [0, 0.1) is 16.7 Å². The van der Waals surface area contributed by atoms with Gasteiger partial charge in [0.2, 0.25) is 0 Å². The van der Waals surface area contributed by atoms with Crippen LogP contribution >= 0.6 is 23.2 Å². The number of rotatable bonds is 3. The molecule has 1 aliphatic rings. The smallest absolute Gasteiger partial charge is 0.160 e. The number of carbonyl (C=O) groups excluding carboxylic acids is 1. The van der Waals surface area contributed by atoms with Gasteiger partial charge < -0.3 is 0 Å². The van der Waals surface area contributed by atoms with Crippen LogP contribution in [-0.2, 0) is 4.79 Å². The molecule has 0 aliphatic heterocycles. The third kappa shape index (κ3) is 3.00. The summed E-state index contributed by atoms with van der Waals surface area (Å²) in [5.74, 6) is -0.813. The third-order valence-corrected chi connectivity index (χ3v) is 4.78. The van der Waals surface area contributed by atoms with Crippen LogP contribution in [0.1, 0.15) is 50.5 Å². The maximum Gasteiger partial charge on any atom is 0.160 e. The van der Waals surface area contributed by atoms with Crippen molar-refractivity contribution in [1.82, 2.24) is 0 Å². The predicted octanol–water partition coefficient (Wildman–Crippen LogP) is 5.14. The molecule has 1 aromatic rings. The van der Waals surface area contributed by atoms with Crippen molar-refractivity contribution < 1.29 is 4.79 Å². The second kappa shape index (κ2) is 6.16. The number of carbonyl (C=O) groups is 1. The molecule has 1 saturated carbocycles. The van der Waals surface area contributed by atoms with E-state index in [1.54, 1.807) is 18.2 Å². The summed E-state index contributed by atoms with van der Waals surface area (Å²) in [6, 6.07) is 7.06. The van der Waals surface area contributed by atoms with Gasteiger partial charge in [-0.2, -0.15) is 5.26 Å². The van der Waals surface area contributed by atoms with E-state index < -0.39 is 11.3 Å². The number of nitrogens with zero attached hydrogens (tertiary/aromatic N) is 1. The molecule has 4 heteroatoms. The molecule has 106 valence electrons. The van der Waals surface area contributed by atoms with E-state index in [0.29, 0.717) is 15.6 Å². The van der Waals surface area contributed by atoms with Gasteiger partial charge >= 0.3 is 0 Å². The van der Waals surface area contributed by atoms with E-state index in [9.17, 15) is 10.1 Å². The van der Waals surface area contributed by atoms with E-state index in [2.05, 4.69) is 6.07 Å². The zero-order valence-corrected chi connectivity index (χ0v) is 13.0. The second-order valence-electron chi connectivity index (χ2n) is 5.71. The second-order valence-corrected chi connectivity index (χ2v) is 6.56. The summed E-state index contributed by atoms with van der Waals surface area (Å²) in [7, 11) is 0. The van der Waals surface area contributed by atoms with E-state index in [1.807, 2.05) is 6.92 Å². The molecule has 1 aromatic carbocycles. The average molecular weight is 310 g/mol. The summed E-state index contributed by atoms with van der Waals surface area (Å²) in [5.41, 5.74) is 0.164. The number of Topliss-reactive ketones (excluding diaryl/α,β-unsaturated/α-hetero) is 1. The van der Waals surface area contributed by atoms with Crippen LogP contribution in [0.3, 0.4) is 0 Å². The van der Waals surface area contributed by atoms with Gasteiger partial charge in [-0.3, -0.25) is 4.79 Å². The van der Waals surface area contributed by atoms with Gasteiger partial charge in [0, 0.05) is 15.5 Å². The standard InChI is InChI=1S/C16H17Cl2NO/c1-16(7-3-2-4-8-16)15(20)13(10-19)12-6-5-11(17)9-14(12)18/h5-6,9,13H,2-4,7-8H2,1H3. The average Bonchev–Trinajstić information content (AvgIpc) is 2.42. The van der Waals surface area contributed by atoms with Crippen LogP contribution < -0.4 is 0 Å². The Hall–Kier alpha value is -1.04. The third-order valence-electron chi connectivity index (χ3n) is 4.22. The van der Waals surface area contributed by atoms with Gasteiger partial charge in [-0.15, -0.1) is 0 Å². The minimum Gasteiger partial charge on any atom is -0.297 e. The first-order valence-electron chi connectivity index (χ1n) is 6.87. The number of ketones is 1. The van der Waals surface area contributed by atoms with Crippen molar-refractivity contribution in [3.05, 3.63) is 33.8 Å². The van der Waals surface area contributed by atoms with Crippen LogP contribution in [0.5, 0.6) is 0 Å². The lowest BCUT2D eigenvalue weighted by Crippen LogP contribution is -2.34. The molecule has 0 radical (unpaired) electrons.